The summed E-state index contributed by atoms with van der Waals surface area (Å²) in [6.07, 6.45) is 2.12. The van der Waals surface area contributed by atoms with E-state index in [1.54, 1.807) is 0 Å². The molecule has 0 saturated carbocycles. The van der Waals surface area contributed by atoms with Crippen LogP contribution in [-0.4, -0.2) is 36.4 Å². The molecule has 1 aliphatic heterocycles. The van der Waals surface area contributed by atoms with Gasteiger partial charge in [0.05, 0.1) is 17.8 Å². The van der Waals surface area contributed by atoms with Crippen LogP contribution in [0.2, 0.25) is 0 Å². The van der Waals surface area contributed by atoms with Crippen LogP contribution in [0.15, 0.2) is 23.5 Å². The number of carboxylic acids is 1. The zero-order valence-corrected chi connectivity index (χ0v) is 11.0. The van der Waals surface area contributed by atoms with Crippen molar-refractivity contribution in [3.63, 3.8) is 0 Å². The molecule has 0 saturated heterocycles. The molecule has 0 unspecified atom stereocenters. The summed E-state index contributed by atoms with van der Waals surface area (Å²) in [6.45, 7) is 0. The SMILES string of the molecule is CNC(=O)O[C@H]1OC=C(C(=O)O)[C@H]2CC=C(CCl)[C@H]12. The number of hydrogen-bond acceptors (Lipinski definition) is 4. The largest absolute Gasteiger partial charge is 0.478 e. The van der Waals surface area contributed by atoms with Gasteiger partial charge in [-0.15, -0.1) is 11.6 Å². The quantitative estimate of drug-likeness (QED) is 0.606. The Bertz CT molecular complexity index is 459. The molecule has 0 aromatic carbocycles. The van der Waals surface area contributed by atoms with Crippen LogP contribution >= 0.6 is 11.6 Å². The molecule has 7 heteroatoms. The molecule has 1 heterocycles. The van der Waals surface area contributed by atoms with Crippen molar-refractivity contribution in [2.24, 2.45) is 11.8 Å². The molecule has 0 spiro atoms. The molecular formula is C12H14ClNO5. The van der Waals surface area contributed by atoms with Crippen molar-refractivity contribution >= 4 is 23.7 Å². The molecule has 6 nitrogen and oxygen atoms in total. The van der Waals surface area contributed by atoms with Crippen LogP contribution in [0.4, 0.5) is 4.79 Å². The van der Waals surface area contributed by atoms with Crippen molar-refractivity contribution in [1.82, 2.24) is 5.32 Å². The molecule has 0 aromatic heterocycles. The van der Waals surface area contributed by atoms with Gasteiger partial charge in [0.1, 0.15) is 0 Å². The maximum atomic E-state index is 11.3. The molecule has 1 aliphatic carbocycles. The molecule has 0 radical (unpaired) electrons. The van der Waals surface area contributed by atoms with Crippen LogP contribution in [0.3, 0.4) is 0 Å². The van der Waals surface area contributed by atoms with E-state index in [1.807, 2.05) is 6.08 Å². The van der Waals surface area contributed by atoms with Crippen molar-refractivity contribution in [3.8, 4) is 0 Å². The van der Waals surface area contributed by atoms with Crippen molar-refractivity contribution < 1.29 is 24.2 Å². The molecule has 2 aliphatic rings. The number of hydrogen-bond donors (Lipinski definition) is 2. The smallest absolute Gasteiger partial charge is 0.409 e. The number of alkyl halides is 1. The fourth-order valence-corrected chi connectivity index (χ4v) is 2.72. The molecule has 19 heavy (non-hydrogen) atoms. The van der Waals surface area contributed by atoms with E-state index < -0.39 is 18.4 Å². The number of carbonyl (C=O) groups is 2. The van der Waals surface area contributed by atoms with E-state index in [0.717, 1.165) is 11.8 Å². The second-order valence-electron chi connectivity index (χ2n) is 4.32. The van der Waals surface area contributed by atoms with Gasteiger partial charge in [0.2, 0.25) is 0 Å². The Morgan fingerprint density at radius 1 is 1.63 bits per heavy atom. The van der Waals surface area contributed by atoms with Gasteiger partial charge in [-0.25, -0.2) is 9.59 Å². The Balaban J connectivity index is 2.24. The second kappa shape index (κ2) is 5.52. The topological polar surface area (TPSA) is 84.9 Å². The Hall–Kier alpha value is -1.69. The van der Waals surface area contributed by atoms with Crippen LogP contribution in [0, 0.1) is 11.8 Å². The third kappa shape index (κ3) is 2.53. The number of allylic oxidation sites excluding steroid dienone is 1. The van der Waals surface area contributed by atoms with Crippen molar-refractivity contribution in [1.29, 1.82) is 0 Å². The number of nitrogens with one attached hydrogen (secondary N) is 1. The van der Waals surface area contributed by atoms with E-state index in [2.05, 4.69) is 5.32 Å². The fraction of sp³-hybridized carbons (Fsp3) is 0.500. The van der Waals surface area contributed by atoms with Crippen LogP contribution in [-0.2, 0) is 14.3 Å². The standard InChI is InChI=1S/C12H14ClNO5/c1-14-12(17)19-11-9-6(4-13)2-3-7(9)8(5-18-11)10(15)16/h2,5,7,9,11H,3-4H2,1H3,(H,14,17)(H,15,16)/t7-,9+,11-/m1/s1. The number of ether oxygens (including phenoxy) is 2. The van der Waals surface area contributed by atoms with Crippen molar-refractivity contribution in [2.45, 2.75) is 12.7 Å². The van der Waals surface area contributed by atoms with E-state index in [1.165, 1.54) is 7.05 Å². The predicted octanol–water partition coefficient (Wildman–Crippen LogP) is 1.47. The van der Waals surface area contributed by atoms with E-state index >= 15 is 0 Å². The number of carbonyl (C=O) groups excluding carboxylic acids is 1. The first-order chi connectivity index (χ1) is 9.08. The maximum Gasteiger partial charge on any atom is 0.409 e. The van der Waals surface area contributed by atoms with Gasteiger partial charge < -0.3 is 19.9 Å². The van der Waals surface area contributed by atoms with Gasteiger partial charge in [0, 0.05) is 18.8 Å². The van der Waals surface area contributed by atoms with E-state index in [-0.39, 0.29) is 23.3 Å². The van der Waals surface area contributed by atoms with E-state index in [0.29, 0.717) is 6.42 Å². The first-order valence-electron chi connectivity index (χ1n) is 5.80. The molecule has 0 bridgehead atoms. The minimum absolute atomic E-state index is 0.179. The highest BCUT2D eigenvalue weighted by atomic mass is 35.5. The average molecular weight is 288 g/mol. The van der Waals surface area contributed by atoms with Gasteiger partial charge in [-0.2, -0.15) is 0 Å². The van der Waals surface area contributed by atoms with Crippen LogP contribution in [0.5, 0.6) is 0 Å². The highest BCUT2D eigenvalue weighted by Gasteiger charge is 2.45. The molecular weight excluding hydrogens is 274 g/mol. The summed E-state index contributed by atoms with van der Waals surface area (Å²) >= 11 is 5.84. The summed E-state index contributed by atoms with van der Waals surface area (Å²) in [5.41, 5.74) is 1.02. The van der Waals surface area contributed by atoms with Crippen molar-refractivity contribution in [3.05, 3.63) is 23.5 Å². The van der Waals surface area contributed by atoms with Crippen molar-refractivity contribution in [2.75, 3.05) is 12.9 Å². The second-order valence-corrected chi connectivity index (χ2v) is 4.59. The van der Waals surface area contributed by atoms with Crippen LogP contribution in [0.25, 0.3) is 0 Å². The predicted molar refractivity (Wildman–Crippen MR) is 66.5 cm³/mol. The van der Waals surface area contributed by atoms with Crippen LogP contribution < -0.4 is 5.32 Å². The Kier molecular flexibility index (Phi) is 3.99. The summed E-state index contributed by atoms with van der Waals surface area (Å²) in [5, 5.41) is 11.5. The monoisotopic (exact) mass is 287 g/mol. The third-order valence-electron chi connectivity index (χ3n) is 3.35. The highest BCUT2D eigenvalue weighted by Crippen LogP contribution is 2.43. The lowest BCUT2D eigenvalue weighted by molar-refractivity contribution is -0.138. The van der Waals surface area contributed by atoms with Gasteiger partial charge in [0.25, 0.3) is 6.29 Å². The number of carboxylic acid groups (broad SMARTS) is 1. The van der Waals surface area contributed by atoms with E-state index in [4.69, 9.17) is 26.2 Å². The molecule has 1 amide bonds. The fourth-order valence-electron chi connectivity index (χ4n) is 2.43. The van der Waals surface area contributed by atoms with Gasteiger partial charge in [-0.05, 0) is 12.0 Å². The number of rotatable bonds is 3. The van der Waals surface area contributed by atoms with Crippen LogP contribution in [0.1, 0.15) is 6.42 Å². The summed E-state index contributed by atoms with van der Waals surface area (Å²) in [6, 6.07) is 0. The Labute approximate surface area is 115 Å². The number of amides is 1. The summed E-state index contributed by atoms with van der Waals surface area (Å²) in [4.78, 5) is 22.4. The van der Waals surface area contributed by atoms with Gasteiger partial charge in [-0.1, -0.05) is 6.08 Å². The first-order valence-corrected chi connectivity index (χ1v) is 6.34. The molecule has 3 atom stereocenters. The summed E-state index contributed by atoms with van der Waals surface area (Å²) in [7, 11) is 1.44. The Morgan fingerprint density at radius 3 is 2.95 bits per heavy atom. The lowest BCUT2D eigenvalue weighted by Gasteiger charge is -2.33. The molecule has 0 fully saturated rings. The molecule has 2 N–H and O–H groups in total. The third-order valence-corrected chi connectivity index (χ3v) is 3.65. The first kappa shape index (κ1) is 13.7. The minimum Gasteiger partial charge on any atom is -0.478 e. The Morgan fingerprint density at radius 2 is 2.37 bits per heavy atom. The normalized spacial score (nSPS) is 28.6. The maximum absolute atomic E-state index is 11.3. The zero-order valence-electron chi connectivity index (χ0n) is 10.3. The minimum atomic E-state index is -1.03. The summed E-state index contributed by atoms with van der Waals surface area (Å²) < 4.78 is 10.4. The number of fused-ring (bicyclic) bond motifs is 1. The van der Waals surface area contributed by atoms with Gasteiger partial charge >= 0.3 is 12.1 Å². The number of alkyl carbamates (subject to hydrolysis) is 1. The zero-order chi connectivity index (χ0) is 14.0. The summed E-state index contributed by atoms with van der Waals surface area (Å²) in [5.74, 6) is -1.39. The average Bonchev–Trinajstić information content (AvgIpc) is 2.82. The van der Waals surface area contributed by atoms with Gasteiger partial charge in [0.15, 0.2) is 0 Å². The molecule has 2 rings (SSSR count). The lowest BCUT2D eigenvalue weighted by Crippen LogP contribution is -2.39. The lowest BCUT2D eigenvalue weighted by atomic mass is 9.84. The molecule has 104 valence electrons. The highest BCUT2D eigenvalue weighted by molar-refractivity contribution is 6.19. The van der Waals surface area contributed by atoms with E-state index in [9.17, 15) is 9.59 Å². The molecule has 0 aromatic rings. The van der Waals surface area contributed by atoms with Gasteiger partial charge in [-0.3, -0.25) is 0 Å². The number of aliphatic carboxylic acids is 1. The number of halogens is 1.